The van der Waals surface area contributed by atoms with E-state index in [2.05, 4.69) is 20.4 Å². The van der Waals surface area contributed by atoms with Crippen LogP contribution in [0.25, 0.3) is 0 Å². The van der Waals surface area contributed by atoms with Crippen molar-refractivity contribution in [2.75, 3.05) is 14.2 Å². The number of aliphatic hydroxyl groups is 2. The maximum Gasteiger partial charge on any atom is 0.270 e. The van der Waals surface area contributed by atoms with Gasteiger partial charge in [0.25, 0.3) is 5.91 Å². The Labute approximate surface area is 203 Å². The first-order valence-electron chi connectivity index (χ1n) is 10.7. The monoisotopic (exact) mass is 497 g/mol. The lowest BCUT2D eigenvalue weighted by Gasteiger charge is -2.14. The van der Waals surface area contributed by atoms with Gasteiger partial charge in [-0.2, -0.15) is 0 Å². The predicted molar refractivity (Wildman–Crippen MR) is 129 cm³/mol. The van der Waals surface area contributed by atoms with E-state index in [-0.39, 0.29) is 34.9 Å². The quantitative estimate of drug-likeness (QED) is 0.181. The maximum atomic E-state index is 13.1. The molecular formula is C22H33ClFN7O3. The third kappa shape index (κ3) is 10.4. The average Bonchev–Trinajstić information content (AvgIpc) is 2.81. The van der Waals surface area contributed by atoms with E-state index in [9.17, 15) is 9.18 Å². The smallest absolute Gasteiger partial charge is 0.270 e. The van der Waals surface area contributed by atoms with Gasteiger partial charge in [-0.25, -0.2) is 25.3 Å². The molecule has 2 aromatic rings. The molecule has 1 aliphatic carbocycles. The summed E-state index contributed by atoms with van der Waals surface area (Å²) in [6.45, 7) is 1.78. The van der Waals surface area contributed by atoms with Crippen LogP contribution in [0, 0.1) is 12.7 Å². The van der Waals surface area contributed by atoms with Gasteiger partial charge in [0.1, 0.15) is 23.0 Å². The zero-order chi connectivity index (χ0) is 25.7. The summed E-state index contributed by atoms with van der Waals surface area (Å²) in [6.07, 6.45) is 5.92. The summed E-state index contributed by atoms with van der Waals surface area (Å²) in [6, 6.07) is 5.61. The fourth-order valence-corrected chi connectivity index (χ4v) is 3.24. The van der Waals surface area contributed by atoms with Gasteiger partial charge in [-0.15, -0.1) is 5.10 Å². The van der Waals surface area contributed by atoms with Gasteiger partial charge in [-0.05, 0) is 43.5 Å². The van der Waals surface area contributed by atoms with Crippen molar-refractivity contribution in [3.05, 3.63) is 57.9 Å². The molecule has 0 unspecified atom stereocenters. The van der Waals surface area contributed by atoms with Gasteiger partial charge in [0.2, 0.25) is 0 Å². The fourth-order valence-electron chi connectivity index (χ4n) is 3.04. The van der Waals surface area contributed by atoms with Crippen molar-refractivity contribution in [1.82, 2.24) is 20.4 Å². The highest BCUT2D eigenvalue weighted by molar-refractivity contribution is 6.30. The first-order chi connectivity index (χ1) is 16.2. The van der Waals surface area contributed by atoms with E-state index < -0.39 is 11.7 Å². The van der Waals surface area contributed by atoms with Crippen molar-refractivity contribution in [3.8, 4) is 0 Å². The highest BCUT2D eigenvalue weighted by Gasteiger charge is 2.13. The number of hydrogen-bond acceptors (Lipinski definition) is 8. The van der Waals surface area contributed by atoms with Crippen LogP contribution in [0.5, 0.6) is 0 Å². The van der Waals surface area contributed by atoms with Crippen molar-refractivity contribution in [2.24, 2.45) is 16.7 Å². The van der Waals surface area contributed by atoms with Gasteiger partial charge in [0, 0.05) is 20.7 Å². The highest BCUT2D eigenvalue weighted by atomic mass is 35.5. The molecule has 1 fully saturated rings. The van der Waals surface area contributed by atoms with Crippen LogP contribution in [-0.4, -0.2) is 57.3 Å². The first-order valence-corrected chi connectivity index (χ1v) is 11.1. The summed E-state index contributed by atoms with van der Waals surface area (Å²) in [5, 5.41) is 23.4. The molecule has 0 radical (unpaired) electrons. The SMILES string of the molecule is CO.Cc1nc(C(=O)NCc2ccc(F)c(Cl)c2)cc(/C(N)=N/N(C)N)n1.OC1CCCCC1. The number of aryl methyl sites for hydroxylation is 1. The van der Waals surface area contributed by atoms with Crippen LogP contribution >= 0.6 is 11.6 Å². The van der Waals surface area contributed by atoms with Gasteiger partial charge in [0.15, 0.2) is 5.84 Å². The fraction of sp³-hybridized carbons (Fsp3) is 0.455. The molecule has 0 atom stereocenters. The molecule has 12 heteroatoms. The van der Waals surface area contributed by atoms with E-state index in [0.29, 0.717) is 11.4 Å². The van der Waals surface area contributed by atoms with Gasteiger partial charge in [0.05, 0.1) is 11.1 Å². The molecule has 7 N–H and O–H groups in total. The van der Waals surface area contributed by atoms with Crippen molar-refractivity contribution in [3.63, 3.8) is 0 Å². The number of rotatable bonds is 5. The molecule has 34 heavy (non-hydrogen) atoms. The van der Waals surface area contributed by atoms with Crippen LogP contribution in [0.4, 0.5) is 4.39 Å². The summed E-state index contributed by atoms with van der Waals surface area (Å²) in [5.74, 6) is 4.85. The van der Waals surface area contributed by atoms with Crippen LogP contribution in [0.3, 0.4) is 0 Å². The minimum Gasteiger partial charge on any atom is -0.400 e. The summed E-state index contributed by atoms with van der Waals surface area (Å²) in [4.78, 5) is 20.5. The van der Waals surface area contributed by atoms with E-state index in [4.69, 9.17) is 33.4 Å². The number of aromatic nitrogens is 2. The molecule has 10 nitrogen and oxygen atoms in total. The zero-order valence-corrected chi connectivity index (χ0v) is 20.4. The molecule has 188 valence electrons. The Balaban J connectivity index is 0.000000540. The second kappa shape index (κ2) is 15.1. The van der Waals surface area contributed by atoms with E-state index in [1.54, 1.807) is 6.92 Å². The number of carbonyl (C=O) groups is 1. The Morgan fingerprint density at radius 3 is 2.38 bits per heavy atom. The molecule has 1 aromatic carbocycles. The molecule has 0 saturated heterocycles. The number of nitrogens with zero attached hydrogens (tertiary/aromatic N) is 4. The third-order valence-corrected chi connectivity index (χ3v) is 4.90. The van der Waals surface area contributed by atoms with E-state index in [0.717, 1.165) is 25.1 Å². The molecule has 1 aliphatic rings. The van der Waals surface area contributed by atoms with Crippen LogP contribution in [0.1, 0.15) is 59.7 Å². The number of benzene rings is 1. The Morgan fingerprint density at radius 2 is 1.85 bits per heavy atom. The minimum absolute atomic E-state index is 0.0122. The number of aliphatic hydroxyl groups excluding tert-OH is 2. The summed E-state index contributed by atoms with van der Waals surface area (Å²) in [5.41, 5.74) is 6.83. The number of carbonyl (C=O) groups excluding carboxylic acids is 1. The standard InChI is InChI=1S/C15H17ClFN7O.C6H12O.CH4O/c1-8-21-12(14(18)23-24(2)19)6-13(22-8)15(25)20-7-9-3-4-11(17)10(16)5-9;7-6-4-2-1-3-5-6;1-2/h3-6H,7,19H2,1-2H3,(H2,18,23)(H,20,25);6-7H,1-5H2;2H,1H3. The number of nitrogens with two attached hydrogens (primary N) is 2. The number of hydrogen-bond donors (Lipinski definition) is 5. The van der Waals surface area contributed by atoms with Crippen LogP contribution in [0.15, 0.2) is 29.4 Å². The first kappa shape index (κ1) is 29.2. The van der Waals surface area contributed by atoms with Crippen LogP contribution in [0.2, 0.25) is 5.02 Å². The van der Waals surface area contributed by atoms with Gasteiger partial charge < -0.3 is 21.3 Å². The Kier molecular flexibility index (Phi) is 13.0. The number of amidine groups is 1. The van der Waals surface area contributed by atoms with Gasteiger partial charge in [-0.1, -0.05) is 36.9 Å². The number of hydrazine groups is 1. The lowest BCUT2D eigenvalue weighted by atomic mass is 9.98. The van der Waals surface area contributed by atoms with Gasteiger partial charge >= 0.3 is 0 Å². The number of nitrogens with one attached hydrogen (secondary N) is 1. The Bertz CT molecular complexity index is 954. The Morgan fingerprint density at radius 1 is 1.24 bits per heavy atom. The van der Waals surface area contributed by atoms with E-state index in [1.807, 2.05) is 0 Å². The normalized spacial score (nSPS) is 13.7. The number of halogens is 2. The molecule has 3 rings (SSSR count). The molecule has 1 amide bonds. The summed E-state index contributed by atoms with van der Waals surface area (Å²) < 4.78 is 13.1. The maximum absolute atomic E-state index is 13.1. The van der Waals surface area contributed by atoms with Gasteiger partial charge in [-0.3, -0.25) is 4.79 Å². The van der Waals surface area contributed by atoms with E-state index in [1.165, 1.54) is 50.6 Å². The lowest BCUT2D eigenvalue weighted by molar-refractivity contribution is 0.0945. The summed E-state index contributed by atoms with van der Waals surface area (Å²) in [7, 11) is 2.50. The topological polar surface area (TPSA) is 163 Å². The predicted octanol–water partition coefficient (Wildman–Crippen LogP) is 1.85. The molecular weight excluding hydrogens is 465 g/mol. The van der Waals surface area contributed by atoms with Crippen molar-refractivity contribution < 1.29 is 19.4 Å². The lowest BCUT2D eigenvalue weighted by Crippen LogP contribution is -2.28. The van der Waals surface area contributed by atoms with Crippen molar-refractivity contribution in [1.29, 1.82) is 0 Å². The van der Waals surface area contributed by atoms with Crippen molar-refractivity contribution >= 4 is 23.3 Å². The second-order valence-electron chi connectivity index (χ2n) is 7.47. The molecule has 0 aliphatic heterocycles. The third-order valence-electron chi connectivity index (χ3n) is 4.61. The zero-order valence-electron chi connectivity index (χ0n) is 19.6. The van der Waals surface area contributed by atoms with Crippen LogP contribution in [-0.2, 0) is 6.54 Å². The second-order valence-corrected chi connectivity index (χ2v) is 7.87. The van der Waals surface area contributed by atoms with Crippen LogP contribution < -0.4 is 16.9 Å². The van der Waals surface area contributed by atoms with E-state index >= 15 is 0 Å². The Hall–Kier alpha value is -2.86. The number of hydrazone groups is 1. The molecule has 1 aromatic heterocycles. The highest BCUT2D eigenvalue weighted by Crippen LogP contribution is 2.17. The summed E-state index contributed by atoms with van der Waals surface area (Å²) >= 11 is 5.71. The minimum atomic E-state index is -0.521. The number of amides is 1. The molecule has 1 heterocycles. The largest absolute Gasteiger partial charge is 0.400 e. The van der Waals surface area contributed by atoms with Crippen molar-refractivity contribution in [2.45, 2.75) is 51.7 Å². The average molecular weight is 498 g/mol. The molecule has 0 bridgehead atoms. The molecule has 0 spiro atoms. The molecule has 1 saturated carbocycles.